The van der Waals surface area contributed by atoms with Crippen LogP contribution in [0.5, 0.6) is 0 Å². The van der Waals surface area contributed by atoms with E-state index in [1.54, 1.807) is 6.08 Å². The second-order valence-corrected chi connectivity index (χ2v) is 5.01. The lowest BCUT2D eigenvalue weighted by molar-refractivity contribution is 0.560. The van der Waals surface area contributed by atoms with Gasteiger partial charge in [-0.1, -0.05) is 51.2 Å². The summed E-state index contributed by atoms with van der Waals surface area (Å²) < 4.78 is 0. The average molecular weight is 249 g/mol. The van der Waals surface area contributed by atoms with E-state index in [9.17, 15) is 0 Å². The summed E-state index contributed by atoms with van der Waals surface area (Å²) in [6.07, 6.45) is 15.9. The molecule has 0 saturated carbocycles. The summed E-state index contributed by atoms with van der Waals surface area (Å²) in [5.41, 5.74) is 4.58. The summed E-state index contributed by atoms with van der Waals surface area (Å²) >= 11 is 0. The van der Waals surface area contributed by atoms with Gasteiger partial charge in [0.15, 0.2) is 0 Å². The predicted molar refractivity (Wildman–Crippen MR) is 82.9 cm³/mol. The quantitative estimate of drug-likeness (QED) is 0.291. The van der Waals surface area contributed by atoms with Crippen molar-refractivity contribution in [3.05, 3.63) is 30.0 Å². The molecule has 0 aromatic heterocycles. The summed E-state index contributed by atoms with van der Waals surface area (Å²) in [4.78, 5) is 0. The second kappa shape index (κ2) is 14.3. The normalized spacial score (nSPS) is 9.89. The monoisotopic (exact) mass is 249 g/mol. The summed E-state index contributed by atoms with van der Waals surface area (Å²) in [5.74, 6) is 0. The molecular formula is C17H31N. The molecule has 0 aromatic rings. The average Bonchev–Trinajstić information content (AvgIpc) is 2.38. The van der Waals surface area contributed by atoms with Gasteiger partial charge in [0.05, 0.1) is 0 Å². The number of hydrogen-bond acceptors (Lipinski definition) is 1. The van der Waals surface area contributed by atoms with E-state index in [0.717, 1.165) is 0 Å². The van der Waals surface area contributed by atoms with Gasteiger partial charge in [-0.15, -0.1) is 5.73 Å². The fraction of sp³-hybridized carbons (Fsp3) is 0.706. The smallest absolute Gasteiger partial charge is 0.00519 e. The van der Waals surface area contributed by atoms with E-state index < -0.39 is 0 Å². The van der Waals surface area contributed by atoms with Crippen LogP contribution in [0.1, 0.15) is 64.7 Å². The Hall–Kier alpha value is -0.780. The van der Waals surface area contributed by atoms with E-state index in [1.165, 1.54) is 69.9 Å². The van der Waals surface area contributed by atoms with Gasteiger partial charge in [-0.2, -0.15) is 0 Å². The molecule has 0 rings (SSSR count). The first-order valence-corrected chi connectivity index (χ1v) is 7.49. The lowest BCUT2D eigenvalue weighted by Crippen LogP contribution is -2.06. The third-order valence-electron chi connectivity index (χ3n) is 3.18. The van der Waals surface area contributed by atoms with Crippen molar-refractivity contribution in [1.29, 1.82) is 0 Å². The largest absolute Gasteiger partial charge is 0.320 e. The Balaban J connectivity index is 3.21. The van der Waals surface area contributed by atoms with E-state index >= 15 is 0 Å². The van der Waals surface area contributed by atoms with Crippen LogP contribution in [0.25, 0.3) is 0 Å². The molecule has 0 spiro atoms. The summed E-state index contributed by atoms with van der Waals surface area (Å²) in [6, 6.07) is 0. The van der Waals surface area contributed by atoms with Crippen molar-refractivity contribution >= 4 is 0 Å². The minimum Gasteiger partial charge on any atom is -0.320 e. The van der Waals surface area contributed by atoms with E-state index in [0.29, 0.717) is 0 Å². The zero-order valence-electron chi connectivity index (χ0n) is 12.4. The number of unbranched alkanes of at least 4 members (excludes halogenated alkanes) is 7. The molecule has 104 valence electrons. The Morgan fingerprint density at radius 2 is 1.56 bits per heavy atom. The predicted octanol–water partition coefficient (Wildman–Crippen LogP) is 5.00. The van der Waals surface area contributed by atoms with Gasteiger partial charge < -0.3 is 5.32 Å². The number of rotatable bonds is 12. The molecule has 0 bridgehead atoms. The van der Waals surface area contributed by atoms with E-state index in [2.05, 4.69) is 24.6 Å². The molecule has 1 N–H and O–H groups in total. The van der Waals surface area contributed by atoms with Crippen LogP contribution in [0, 0.1) is 0 Å². The Morgan fingerprint density at radius 3 is 2.11 bits per heavy atom. The zero-order valence-corrected chi connectivity index (χ0v) is 12.4. The third kappa shape index (κ3) is 13.3. The van der Waals surface area contributed by atoms with Crippen LogP contribution in [-0.2, 0) is 0 Å². The number of nitrogens with one attached hydrogen (secondary N) is 1. The van der Waals surface area contributed by atoms with E-state index in [-0.39, 0.29) is 0 Å². The standard InChI is InChI=1S/C17H31N/c1-4-5-14-17(2)15-12-10-8-6-7-9-11-13-16-18-3/h4-5,18H,1,6-13,15-16H2,2-3H3. The van der Waals surface area contributed by atoms with Gasteiger partial charge in [0.1, 0.15) is 0 Å². The number of allylic oxidation sites excluding steroid dienone is 2. The van der Waals surface area contributed by atoms with Crippen molar-refractivity contribution < 1.29 is 0 Å². The molecule has 18 heavy (non-hydrogen) atoms. The minimum atomic E-state index is 1.17. The molecule has 0 saturated heterocycles. The molecule has 0 fully saturated rings. The van der Waals surface area contributed by atoms with E-state index in [4.69, 9.17) is 0 Å². The first-order valence-electron chi connectivity index (χ1n) is 7.49. The van der Waals surface area contributed by atoms with Crippen LogP contribution in [0.4, 0.5) is 0 Å². The van der Waals surface area contributed by atoms with Crippen molar-refractivity contribution in [2.75, 3.05) is 13.6 Å². The third-order valence-corrected chi connectivity index (χ3v) is 3.18. The summed E-state index contributed by atoms with van der Waals surface area (Å²) in [7, 11) is 2.03. The van der Waals surface area contributed by atoms with Gasteiger partial charge in [0.2, 0.25) is 0 Å². The molecule has 0 aliphatic carbocycles. The highest BCUT2D eigenvalue weighted by molar-refractivity contribution is 5.04. The van der Waals surface area contributed by atoms with E-state index in [1.807, 2.05) is 13.1 Å². The Labute approximate surface area is 114 Å². The Morgan fingerprint density at radius 1 is 1.00 bits per heavy atom. The SMILES string of the molecule is C=CC=C=C(C)CCCCCCCCCCNC. The summed E-state index contributed by atoms with van der Waals surface area (Å²) in [6.45, 7) is 6.98. The van der Waals surface area contributed by atoms with Crippen LogP contribution in [0.3, 0.4) is 0 Å². The highest BCUT2D eigenvalue weighted by atomic mass is 14.8. The van der Waals surface area contributed by atoms with Crippen molar-refractivity contribution in [2.45, 2.75) is 64.7 Å². The molecule has 0 aromatic carbocycles. The zero-order chi connectivity index (χ0) is 13.5. The van der Waals surface area contributed by atoms with Crippen molar-refractivity contribution in [3.8, 4) is 0 Å². The fourth-order valence-corrected chi connectivity index (χ4v) is 2.03. The van der Waals surface area contributed by atoms with Crippen LogP contribution in [-0.4, -0.2) is 13.6 Å². The first-order chi connectivity index (χ1) is 8.81. The Bertz CT molecular complexity index is 246. The van der Waals surface area contributed by atoms with Crippen LogP contribution in [0.2, 0.25) is 0 Å². The maximum absolute atomic E-state index is 3.65. The Kier molecular flexibility index (Phi) is 13.7. The van der Waals surface area contributed by atoms with Crippen molar-refractivity contribution in [2.24, 2.45) is 0 Å². The minimum absolute atomic E-state index is 1.17. The molecule has 0 unspecified atom stereocenters. The highest BCUT2D eigenvalue weighted by Crippen LogP contribution is 2.11. The summed E-state index contributed by atoms with van der Waals surface area (Å²) in [5, 5.41) is 3.19. The molecule has 1 heteroatoms. The first kappa shape index (κ1) is 17.2. The molecular weight excluding hydrogens is 218 g/mol. The van der Waals surface area contributed by atoms with Gasteiger partial charge in [-0.05, 0) is 51.4 Å². The number of hydrogen-bond donors (Lipinski definition) is 1. The van der Waals surface area contributed by atoms with Crippen LogP contribution in [0.15, 0.2) is 30.0 Å². The molecule has 0 aliphatic heterocycles. The molecule has 0 atom stereocenters. The van der Waals surface area contributed by atoms with Crippen molar-refractivity contribution in [1.82, 2.24) is 5.32 Å². The maximum atomic E-state index is 3.65. The lowest BCUT2D eigenvalue weighted by Gasteiger charge is -2.02. The van der Waals surface area contributed by atoms with Crippen LogP contribution >= 0.6 is 0 Å². The molecule has 0 amide bonds. The maximum Gasteiger partial charge on any atom is -0.00519 e. The highest BCUT2D eigenvalue weighted by Gasteiger charge is 1.93. The van der Waals surface area contributed by atoms with Gasteiger partial charge in [0, 0.05) is 0 Å². The van der Waals surface area contributed by atoms with Gasteiger partial charge in [-0.25, -0.2) is 0 Å². The topological polar surface area (TPSA) is 12.0 Å². The molecule has 0 heterocycles. The van der Waals surface area contributed by atoms with Gasteiger partial charge in [-0.3, -0.25) is 0 Å². The van der Waals surface area contributed by atoms with Crippen LogP contribution < -0.4 is 5.32 Å². The van der Waals surface area contributed by atoms with Gasteiger partial charge >= 0.3 is 0 Å². The molecule has 0 radical (unpaired) electrons. The lowest BCUT2D eigenvalue weighted by atomic mass is 10.1. The van der Waals surface area contributed by atoms with Crippen molar-refractivity contribution in [3.63, 3.8) is 0 Å². The van der Waals surface area contributed by atoms with Gasteiger partial charge in [0.25, 0.3) is 0 Å². The molecule has 1 nitrogen and oxygen atoms in total. The second-order valence-electron chi connectivity index (χ2n) is 5.01. The fourth-order valence-electron chi connectivity index (χ4n) is 2.03. The molecule has 0 aliphatic rings.